The Morgan fingerprint density at radius 2 is 1.94 bits per heavy atom. The second-order valence-corrected chi connectivity index (χ2v) is 5.61. The average molecular weight is 230 g/mol. The minimum atomic E-state index is 0.624. The van der Waals surface area contributed by atoms with Crippen LogP contribution in [0.4, 0.5) is 0 Å². The lowest BCUT2D eigenvalue weighted by Crippen LogP contribution is -2.18. The Morgan fingerprint density at radius 3 is 2.53 bits per heavy atom. The number of carbonyl (C=O) groups excluding carboxylic acids is 1. The molecule has 0 radical (unpaired) electrons. The third-order valence-electron chi connectivity index (χ3n) is 4.28. The summed E-state index contributed by atoms with van der Waals surface area (Å²) < 4.78 is 0. The highest BCUT2D eigenvalue weighted by Crippen LogP contribution is 2.38. The first-order valence-electron chi connectivity index (χ1n) is 6.76. The van der Waals surface area contributed by atoms with E-state index in [1.165, 1.54) is 31.2 Å². The van der Waals surface area contributed by atoms with Crippen LogP contribution in [0, 0.1) is 11.8 Å². The van der Waals surface area contributed by atoms with Crippen LogP contribution in [0.3, 0.4) is 0 Å². The van der Waals surface area contributed by atoms with Gasteiger partial charge in [0.05, 0.1) is 0 Å². The molecule has 1 nitrogen and oxygen atoms in total. The van der Waals surface area contributed by atoms with Crippen molar-refractivity contribution in [2.75, 3.05) is 0 Å². The molecule has 1 fully saturated rings. The van der Waals surface area contributed by atoms with Gasteiger partial charge in [-0.15, -0.1) is 0 Å². The van der Waals surface area contributed by atoms with E-state index in [1.807, 2.05) is 12.1 Å². The zero-order chi connectivity index (χ0) is 12.3. The van der Waals surface area contributed by atoms with Crippen LogP contribution in [0.15, 0.2) is 24.3 Å². The van der Waals surface area contributed by atoms with Gasteiger partial charge in [0, 0.05) is 5.56 Å². The zero-order valence-electron chi connectivity index (χ0n) is 10.9. The molecular weight excluding hydrogens is 208 g/mol. The van der Waals surface area contributed by atoms with Crippen molar-refractivity contribution in [3.8, 4) is 0 Å². The molecule has 3 atom stereocenters. The molecule has 0 heterocycles. The van der Waals surface area contributed by atoms with Crippen molar-refractivity contribution in [1.29, 1.82) is 0 Å². The van der Waals surface area contributed by atoms with Crippen LogP contribution in [0.25, 0.3) is 0 Å². The zero-order valence-corrected chi connectivity index (χ0v) is 10.9. The molecule has 2 rings (SSSR count). The summed E-state index contributed by atoms with van der Waals surface area (Å²) in [5, 5.41) is 0. The summed E-state index contributed by atoms with van der Waals surface area (Å²) in [6.07, 6.45) is 6.41. The minimum Gasteiger partial charge on any atom is -0.298 e. The highest BCUT2D eigenvalue weighted by atomic mass is 16.1. The predicted octanol–water partition coefficient (Wildman–Crippen LogP) is 4.43. The standard InChI is InChI=1S/C16H22O/c1-12-4-3-5-16(10-12)13(2)15-8-6-14(11-17)7-9-15/h6-9,11-13,16H,3-5,10H2,1-2H3. The lowest BCUT2D eigenvalue weighted by molar-refractivity contribution is 0.112. The fraction of sp³-hybridized carbons (Fsp3) is 0.562. The van der Waals surface area contributed by atoms with Gasteiger partial charge >= 0.3 is 0 Å². The molecule has 0 spiro atoms. The molecule has 1 saturated carbocycles. The monoisotopic (exact) mass is 230 g/mol. The van der Waals surface area contributed by atoms with Crippen molar-refractivity contribution in [1.82, 2.24) is 0 Å². The van der Waals surface area contributed by atoms with Crippen molar-refractivity contribution < 1.29 is 4.79 Å². The Morgan fingerprint density at radius 1 is 1.24 bits per heavy atom. The molecule has 0 N–H and O–H groups in total. The maximum Gasteiger partial charge on any atom is 0.150 e. The molecular formula is C16H22O. The van der Waals surface area contributed by atoms with Gasteiger partial charge in [-0.2, -0.15) is 0 Å². The third-order valence-corrected chi connectivity index (χ3v) is 4.28. The van der Waals surface area contributed by atoms with Crippen LogP contribution in [-0.4, -0.2) is 6.29 Å². The number of aldehydes is 1. The van der Waals surface area contributed by atoms with Crippen LogP contribution < -0.4 is 0 Å². The average Bonchev–Trinajstić information content (AvgIpc) is 2.38. The second-order valence-electron chi connectivity index (χ2n) is 5.61. The molecule has 1 aliphatic carbocycles. The maximum absolute atomic E-state index is 10.6. The van der Waals surface area contributed by atoms with Gasteiger partial charge in [0.15, 0.2) is 0 Å². The fourth-order valence-electron chi connectivity index (χ4n) is 3.09. The number of hydrogen-bond acceptors (Lipinski definition) is 1. The van der Waals surface area contributed by atoms with Crippen LogP contribution >= 0.6 is 0 Å². The Hall–Kier alpha value is -1.11. The van der Waals surface area contributed by atoms with Gasteiger partial charge < -0.3 is 0 Å². The first-order valence-corrected chi connectivity index (χ1v) is 6.76. The maximum atomic E-state index is 10.6. The highest BCUT2D eigenvalue weighted by molar-refractivity contribution is 5.74. The largest absolute Gasteiger partial charge is 0.298 e. The lowest BCUT2D eigenvalue weighted by Gasteiger charge is -2.31. The van der Waals surface area contributed by atoms with E-state index in [9.17, 15) is 4.79 Å². The summed E-state index contributed by atoms with van der Waals surface area (Å²) in [6, 6.07) is 8.11. The number of hydrogen-bond donors (Lipinski definition) is 0. The Balaban J connectivity index is 2.07. The van der Waals surface area contributed by atoms with Gasteiger partial charge in [-0.05, 0) is 36.2 Å². The normalized spacial score (nSPS) is 26.5. The predicted molar refractivity (Wildman–Crippen MR) is 71.4 cm³/mol. The molecule has 0 aromatic heterocycles. The van der Waals surface area contributed by atoms with Gasteiger partial charge in [0.1, 0.15) is 6.29 Å². The van der Waals surface area contributed by atoms with Crippen molar-refractivity contribution in [2.24, 2.45) is 11.8 Å². The molecule has 1 heteroatoms. The smallest absolute Gasteiger partial charge is 0.150 e. The van der Waals surface area contributed by atoms with Crippen molar-refractivity contribution in [3.05, 3.63) is 35.4 Å². The molecule has 1 aliphatic rings. The van der Waals surface area contributed by atoms with Crippen LogP contribution in [0.5, 0.6) is 0 Å². The first-order chi connectivity index (χ1) is 8.20. The number of carbonyl (C=O) groups is 1. The van der Waals surface area contributed by atoms with Crippen molar-refractivity contribution >= 4 is 6.29 Å². The lowest BCUT2D eigenvalue weighted by atomic mass is 9.74. The summed E-state index contributed by atoms with van der Waals surface area (Å²) >= 11 is 0. The van der Waals surface area contributed by atoms with Gasteiger partial charge in [0.25, 0.3) is 0 Å². The summed E-state index contributed by atoms with van der Waals surface area (Å²) in [7, 11) is 0. The highest BCUT2D eigenvalue weighted by Gasteiger charge is 2.24. The Bertz CT molecular complexity index is 366. The van der Waals surface area contributed by atoms with Crippen LogP contribution in [0.1, 0.15) is 61.4 Å². The van der Waals surface area contributed by atoms with Gasteiger partial charge in [-0.25, -0.2) is 0 Å². The number of benzene rings is 1. The fourth-order valence-corrected chi connectivity index (χ4v) is 3.09. The summed E-state index contributed by atoms with van der Waals surface area (Å²) in [4.78, 5) is 10.6. The van der Waals surface area contributed by atoms with Crippen LogP contribution in [0.2, 0.25) is 0 Å². The Kier molecular flexibility index (Phi) is 3.98. The van der Waals surface area contributed by atoms with Crippen molar-refractivity contribution in [2.45, 2.75) is 45.4 Å². The van der Waals surface area contributed by atoms with E-state index in [4.69, 9.17) is 0 Å². The third kappa shape index (κ3) is 2.96. The SMILES string of the molecule is CC1CCCC(C(C)c2ccc(C=O)cc2)C1. The first kappa shape index (κ1) is 12.3. The molecule has 1 aromatic carbocycles. The number of rotatable bonds is 3. The summed E-state index contributed by atoms with van der Waals surface area (Å²) in [6.45, 7) is 4.70. The van der Waals surface area contributed by atoms with E-state index in [2.05, 4.69) is 26.0 Å². The van der Waals surface area contributed by atoms with Gasteiger partial charge in [0.2, 0.25) is 0 Å². The molecule has 3 unspecified atom stereocenters. The van der Waals surface area contributed by atoms with E-state index < -0.39 is 0 Å². The molecule has 0 saturated heterocycles. The van der Waals surface area contributed by atoms with Crippen LogP contribution in [-0.2, 0) is 0 Å². The molecule has 0 aliphatic heterocycles. The summed E-state index contributed by atoms with van der Waals surface area (Å²) in [5.74, 6) is 2.32. The van der Waals surface area contributed by atoms with E-state index in [-0.39, 0.29) is 0 Å². The van der Waals surface area contributed by atoms with Crippen molar-refractivity contribution in [3.63, 3.8) is 0 Å². The molecule has 1 aromatic rings. The minimum absolute atomic E-state index is 0.624. The second kappa shape index (κ2) is 5.48. The van der Waals surface area contributed by atoms with Gasteiger partial charge in [-0.3, -0.25) is 4.79 Å². The Labute approximate surface area is 104 Å². The van der Waals surface area contributed by atoms with E-state index in [0.717, 1.165) is 23.7 Å². The van der Waals surface area contributed by atoms with E-state index in [0.29, 0.717) is 5.92 Å². The molecule has 0 amide bonds. The topological polar surface area (TPSA) is 17.1 Å². The quantitative estimate of drug-likeness (QED) is 0.702. The molecule has 17 heavy (non-hydrogen) atoms. The van der Waals surface area contributed by atoms with Gasteiger partial charge in [-0.1, -0.05) is 51.0 Å². The molecule has 0 bridgehead atoms. The van der Waals surface area contributed by atoms with E-state index >= 15 is 0 Å². The summed E-state index contributed by atoms with van der Waals surface area (Å²) in [5.41, 5.74) is 2.16. The van der Waals surface area contributed by atoms with E-state index in [1.54, 1.807) is 0 Å². The molecule has 92 valence electrons.